The fourth-order valence-corrected chi connectivity index (χ4v) is 2.70. The van der Waals surface area contributed by atoms with Gasteiger partial charge in [-0.3, -0.25) is 4.79 Å². The Morgan fingerprint density at radius 2 is 1.93 bits per heavy atom. The lowest BCUT2D eigenvalue weighted by Gasteiger charge is -2.19. The summed E-state index contributed by atoms with van der Waals surface area (Å²) in [5.74, 6) is 1.01. The molecule has 4 nitrogen and oxygen atoms in total. The smallest absolute Gasteiger partial charge is 0.416 e. The monoisotopic (exact) mass is 377 g/mol. The van der Waals surface area contributed by atoms with Crippen molar-refractivity contribution >= 4 is 12.0 Å². The minimum Gasteiger partial charge on any atom is -0.454 e. The minimum absolute atomic E-state index is 0.176. The molecule has 0 fully saturated rings. The second-order valence-corrected chi connectivity index (χ2v) is 6.00. The number of halogens is 3. The average Bonchev–Trinajstić information content (AvgIpc) is 3.11. The molecule has 0 spiro atoms. The van der Waals surface area contributed by atoms with Crippen molar-refractivity contribution in [2.45, 2.75) is 19.6 Å². The Labute approximate surface area is 154 Å². The van der Waals surface area contributed by atoms with Gasteiger partial charge in [0.15, 0.2) is 11.5 Å². The van der Waals surface area contributed by atoms with E-state index >= 15 is 0 Å². The van der Waals surface area contributed by atoms with Gasteiger partial charge < -0.3 is 14.4 Å². The molecule has 142 valence electrons. The van der Waals surface area contributed by atoms with Gasteiger partial charge in [0.05, 0.1) is 5.56 Å². The van der Waals surface area contributed by atoms with E-state index in [-0.39, 0.29) is 12.7 Å². The van der Waals surface area contributed by atoms with Gasteiger partial charge in [-0.05, 0) is 48.4 Å². The van der Waals surface area contributed by atoms with Gasteiger partial charge in [0.2, 0.25) is 12.7 Å². The highest BCUT2D eigenvalue weighted by Crippen LogP contribution is 2.33. The predicted molar refractivity (Wildman–Crippen MR) is 94.1 cm³/mol. The zero-order chi connectivity index (χ0) is 19.4. The first-order valence-electron chi connectivity index (χ1n) is 8.39. The molecule has 0 saturated carbocycles. The number of alkyl halides is 3. The van der Waals surface area contributed by atoms with Gasteiger partial charge in [0.1, 0.15) is 0 Å². The van der Waals surface area contributed by atoms with Crippen molar-refractivity contribution in [1.29, 1.82) is 0 Å². The van der Waals surface area contributed by atoms with Crippen molar-refractivity contribution in [2.75, 3.05) is 13.3 Å². The van der Waals surface area contributed by atoms with Crippen LogP contribution in [0, 0.1) is 0 Å². The Balaban J connectivity index is 1.69. The van der Waals surface area contributed by atoms with Crippen LogP contribution in [0.2, 0.25) is 0 Å². The minimum atomic E-state index is -4.41. The topological polar surface area (TPSA) is 38.8 Å². The largest absolute Gasteiger partial charge is 0.454 e. The molecule has 0 bridgehead atoms. The molecule has 0 unspecified atom stereocenters. The molecule has 0 atom stereocenters. The van der Waals surface area contributed by atoms with Crippen molar-refractivity contribution in [2.24, 2.45) is 0 Å². The Bertz CT molecular complexity index is 862. The van der Waals surface area contributed by atoms with Gasteiger partial charge in [-0.2, -0.15) is 13.2 Å². The highest BCUT2D eigenvalue weighted by Gasteiger charge is 2.30. The van der Waals surface area contributed by atoms with E-state index in [4.69, 9.17) is 9.47 Å². The number of hydrogen-bond acceptors (Lipinski definition) is 3. The van der Waals surface area contributed by atoms with Crippen molar-refractivity contribution in [3.63, 3.8) is 0 Å². The highest BCUT2D eigenvalue weighted by atomic mass is 19.4. The van der Waals surface area contributed by atoms with E-state index in [1.54, 1.807) is 11.0 Å². The molecule has 3 rings (SSSR count). The van der Waals surface area contributed by atoms with Gasteiger partial charge in [-0.15, -0.1) is 0 Å². The van der Waals surface area contributed by atoms with E-state index in [9.17, 15) is 18.0 Å². The van der Waals surface area contributed by atoms with Crippen LogP contribution in [0.4, 0.5) is 13.2 Å². The van der Waals surface area contributed by atoms with Gasteiger partial charge in [0, 0.05) is 19.2 Å². The molecule has 1 aliphatic rings. The van der Waals surface area contributed by atoms with Crippen molar-refractivity contribution < 1.29 is 27.4 Å². The molecular formula is C20H18F3NO3. The molecule has 1 aliphatic heterocycles. The van der Waals surface area contributed by atoms with Crippen molar-refractivity contribution in [3.8, 4) is 11.5 Å². The summed E-state index contributed by atoms with van der Waals surface area (Å²) in [5, 5.41) is 0. The summed E-state index contributed by atoms with van der Waals surface area (Å²) in [6.45, 7) is 2.83. The van der Waals surface area contributed by atoms with Crippen LogP contribution in [-0.2, 0) is 17.5 Å². The second kappa shape index (κ2) is 7.73. The SMILES string of the molecule is CCN(Cc1ccc2c(c1)OCO2)C(=O)/C=C/c1cccc(C(F)(F)F)c1. The average molecular weight is 377 g/mol. The number of ether oxygens (including phenoxy) is 2. The van der Waals surface area contributed by atoms with Crippen molar-refractivity contribution in [3.05, 3.63) is 65.2 Å². The number of likely N-dealkylation sites (N-methyl/N-ethyl adjacent to an activating group) is 1. The zero-order valence-corrected chi connectivity index (χ0v) is 14.6. The van der Waals surface area contributed by atoms with Crippen LogP contribution in [0.5, 0.6) is 11.5 Å². The molecule has 0 aliphatic carbocycles. The fourth-order valence-electron chi connectivity index (χ4n) is 2.70. The lowest BCUT2D eigenvalue weighted by atomic mass is 10.1. The number of fused-ring (bicyclic) bond motifs is 1. The van der Waals surface area contributed by atoms with Crippen LogP contribution < -0.4 is 9.47 Å². The van der Waals surface area contributed by atoms with E-state index in [0.717, 1.165) is 17.7 Å². The maximum atomic E-state index is 12.8. The third kappa shape index (κ3) is 4.61. The normalized spacial score (nSPS) is 13.2. The number of benzene rings is 2. The number of hydrogen-bond donors (Lipinski definition) is 0. The van der Waals surface area contributed by atoms with E-state index in [0.29, 0.717) is 30.2 Å². The van der Waals surface area contributed by atoms with E-state index in [2.05, 4.69) is 0 Å². The number of carbonyl (C=O) groups is 1. The van der Waals surface area contributed by atoms with Crippen LogP contribution in [0.15, 0.2) is 48.5 Å². The van der Waals surface area contributed by atoms with Gasteiger partial charge in [-0.1, -0.05) is 18.2 Å². The molecule has 2 aromatic rings. The Morgan fingerprint density at radius 1 is 1.15 bits per heavy atom. The third-order valence-corrected chi connectivity index (χ3v) is 4.14. The highest BCUT2D eigenvalue weighted by molar-refractivity contribution is 5.91. The summed E-state index contributed by atoms with van der Waals surface area (Å²) >= 11 is 0. The number of amides is 1. The molecule has 2 aromatic carbocycles. The summed E-state index contributed by atoms with van der Waals surface area (Å²) in [6.07, 6.45) is -1.74. The Kier molecular flexibility index (Phi) is 5.39. The molecule has 7 heteroatoms. The van der Waals surface area contributed by atoms with Crippen LogP contribution in [0.1, 0.15) is 23.6 Å². The van der Waals surface area contributed by atoms with E-state index in [1.165, 1.54) is 24.3 Å². The molecule has 0 N–H and O–H groups in total. The quantitative estimate of drug-likeness (QED) is 0.721. The fraction of sp³-hybridized carbons (Fsp3) is 0.250. The third-order valence-electron chi connectivity index (χ3n) is 4.14. The molecule has 0 aromatic heterocycles. The lowest BCUT2D eigenvalue weighted by molar-refractivity contribution is -0.137. The van der Waals surface area contributed by atoms with Crippen LogP contribution in [0.25, 0.3) is 6.08 Å². The predicted octanol–water partition coefficient (Wildman–Crippen LogP) is 4.50. The summed E-state index contributed by atoms with van der Waals surface area (Å²) in [7, 11) is 0. The summed E-state index contributed by atoms with van der Waals surface area (Å²) < 4.78 is 48.9. The van der Waals surface area contributed by atoms with Gasteiger partial charge in [-0.25, -0.2) is 0 Å². The van der Waals surface area contributed by atoms with E-state index in [1.807, 2.05) is 19.1 Å². The molecular weight excluding hydrogens is 359 g/mol. The summed E-state index contributed by atoms with van der Waals surface area (Å²) in [5.41, 5.74) is 0.448. The molecule has 27 heavy (non-hydrogen) atoms. The van der Waals surface area contributed by atoms with Crippen LogP contribution in [-0.4, -0.2) is 24.1 Å². The Morgan fingerprint density at radius 3 is 2.67 bits per heavy atom. The molecule has 1 amide bonds. The molecule has 0 radical (unpaired) electrons. The van der Waals surface area contributed by atoms with Gasteiger partial charge in [0.25, 0.3) is 0 Å². The first-order valence-corrected chi connectivity index (χ1v) is 8.39. The van der Waals surface area contributed by atoms with Crippen molar-refractivity contribution in [1.82, 2.24) is 4.90 Å². The van der Waals surface area contributed by atoms with Crippen LogP contribution in [0.3, 0.4) is 0 Å². The number of rotatable bonds is 5. The molecule has 1 heterocycles. The maximum Gasteiger partial charge on any atom is 0.416 e. The standard InChI is InChI=1S/C20H18F3NO3/c1-2-24(12-15-6-8-17-18(11-15)27-13-26-17)19(25)9-7-14-4-3-5-16(10-14)20(21,22)23/h3-11H,2,12-13H2,1H3/b9-7+. The zero-order valence-electron chi connectivity index (χ0n) is 14.6. The maximum absolute atomic E-state index is 12.8. The number of carbonyl (C=O) groups excluding carboxylic acids is 1. The van der Waals surface area contributed by atoms with Crippen LogP contribution >= 0.6 is 0 Å². The summed E-state index contributed by atoms with van der Waals surface area (Å²) in [4.78, 5) is 14.0. The first-order chi connectivity index (χ1) is 12.9. The van der Waals surface area contributed by atoms with E-state index < -0.39 is 11.7 Å². The van der Waals surface area contributed by atoms with Gasteiger partial charge >= 0.3 is 6.18 Å². The summed E-state index contributed by atoms with van der Waals surface area (Å²) in [6, 6.07) is 10.3. The lowest BCUT2D eigenvalue weighted by Crippen LogP contribution is -2.28. The Hall–Kier alpha value is -2.96. The second-order valence-electron chi connectivity index (χ2n) is 6.00. The first kappa shape index (κ1) is 18.8. The number of nitrogens with zero attached hydrogens (tertiary/aromatic N) is 1. The molecule has 0 saturated heterocycles.